The van der Waals surface area contributed by atoms with E-state index in [2.05, 4.69) is 20.3 Å². The lowest BCUT2D eigenvalue weighted by Gasteiger charge is -2.10. The number of ether oxygens (including phenoxy) is 2. The van der Waals surface area contributed by atoms with Crippen LogP contribution in [0.5, 0.6) is 12.0 Å². The number of para-hydroxylation sites is 1. The van der Waals surface area contributed by atoms with E-state index >= 15 is 0 Å². The van der Waals surface area contributed by atoms with Gasteiger partial charge in [0.1, 0.15) is 0 Å². The lowest BCUT2D eigenvalue weighted by atomic mass is 10.2. The van der Waals surface area contributed by atoms with Crippen molar-refractivity contribution in [3.8, 4) is 12.0 Å². The zero-order valence-electron chi connectivity index (χ0n) is 12.2. The van der Waals surface area contributed by atoms with E-state index in [0.29, 0.717) is 18.9 Å². The number of aromatic carboxylic acids is 1. The van der Waals surface area contributed by atoms with Gasteiger partial charge in [0.15, 0.2) is 0 Å². The van der Waals surface area contributed by atoms with Crippen LogP contribution in [-0.2, 0) is 0 Å². The summed E-state index contributed by atoms with van der Waals surface area (Å²) in [6.07, 6.45) is 0. The predicted molar refractivity (Wildman–Crippen MR) is 78.8 cm³/mol. The molecule has 0 aliphatic carbocycles. The Morgan fingerprint density at radius 3 is 2.23 bits per heavy atom. The first kappa shape index (κ1) is 15.5. The third kappa shape index (κ3) is 3.81. The van der Waals surface area contributed by atoms with Gasteiger partial charge in [0.05, 0.1) is 24.5 Å². The Morgan fingerprint density at radius 1 is 1.09 bits per heavy atom. The number of carboxylic acids is 1. The fourth-order valence-corrected chi connectivity index (χ4v) is 1.68. The van der Waals surface area contributed by atoms with Crippen LogP contribution in [0.2, 0.25) is 0 Å². The first-order valence-corrected chi connectivity index (χ1v) is 6.75. The summed E-state index contributed by atoms with van der Waals surface area (Å²) in [6, 6.07) is 6.67. The number of carbonyl (C=O) groups is 1. The van der Waals surface area contributed by atoms with E-state index in [9.17, 15) is 9.90 Å². The van der Waals surface area contributed by atoms with Crippen molar-refractivity contribution in [3.63, 3.8) is 0 Å². The molecule has 0 saturated heterocycles. The maximum Gasteiger partial charge on any atom is 0.337 e. The minimum Gasteiger partial charge on any atom is -0.478 e. The summed E-state index contributed by atoms with van der Waals surface area (Å²) in [4.78, 5) is 23.3. The van der Waals surface area contributed by atoms with Gasteiger partial charge in [0.2, 0.25) is 5.95 Å². The second-order valence-electron chi connectivity index (χ2n) is 4.07. The van der Waals surface area contributed by atoms with Crippen LogP contribution in [0.4, 0.5) is 11.6 Å². The molecule has 0 amide bonds. The van der Waals surface area contributed by atoms with Gasteiger partial charge in [0.25, 0.3) is 0 Å². The number of hydrogen-bond acceptors (Lipinski definition) is 7. The summed E-state index contributed by atoms with van der Waals surface area (Å²) in [5, 5.41) is 12.0. The molecule has 116 valence electrons. The van der Waals surface area contributed by atoms with Crippen molar-refractivity contribution >= 4 is 17.6 Å². The summed E-state index contributed by atoms with van der Waals surface area (Å²) in [5.74, 6) is -0.900. The molecular weight excluding hydrogens is 288 g/mol. The number of hydrogen-bond donors (Lipinski definition) is 2. The fourth-order valence-electron chi connectivity index (χ4n) is 1.68. The van der Waals surface area contributed by atoms with Crippen LogP contribution in [-0.4, -0.2) is 39.2 Å². The SMILES string of the molecule is CCOc1nc(Nc2ccccc2C(=O)O)nc(OCC)n1. The Bertz CT molecular complexity index is 639. The Hall–Kier alpha value is -2.90. The van der Waals surface area contributed by atoms with Crippen molar-refractivity contribution < 1.29 is 19.4 Å². The number of carboxylic acid groups (broad SMARTS) is 1. The highest BCUT2D eigenvalue weighted by molar-refractivity contribution is 5.94. The third-order valence-corrected chi connectivity index (χ3v) is 2.55. The number of nitrogens with zero attached hydrogens (tertiary/aromatic N) is 3. The van der Waals surface area contributed by atoms with Gasteiger partial charge < -0.3 is 19.9 Å². The average molecular weight is 304 g/mol. The van der Waals surface area contributed by atoms with E-state index in [-0.39, 0.29) is 23.5 Å². The maximum absolute atomic E-state index is 11.2. The van der Waals surface area contributed by atoms with Gasteiger partial charge in [0, 0.05) is 0 Å². The molecule has 0 aliphatic heterocycles. The van der Waals surface area contributed by atoms with Gasteiger partial charge in [-0.2, -0.15) is 9.97 Å². The van der Waals surface area contributed by atoms with Crippen LogP contribution in [0.15, 0.2) is 24.3 Å². The number of nitrogens with one attached hydrogen (secondary N) is 1. The minimum absolute atomic E-state index is 0.108. The topological polar surface area (TPSA) is 106 Å². The molecule has 0 radical (unpaired) electrons. The second kappa shape index (κ2) is 7.21. The Labute approximate surface area is 127 Å². The highest BCUT2D eigenvalue weighted by Crippen LogP contribution is 2.21. The van der Waals surface area contributed by atoms with Crippen molar-refractivity contribution in [1.82, 2.24) is 15.0 Å². The summed E-state index contributed by atoms with van der Waals surface area (Å²) < 4.78 is 10.5. The van der Waals surface area contributed by atoms with Crippen LogP contribution in [0.25, 0.3) is 0 Å². The molecule has 0 atom stereocenters. The number of benzene rings is 1. The molecule has 8 heteroatoms. The van der Waals surface area contributed by atoms with Crippen LogP contribution in [0, 0.1) is 0 Å². The molecule has 0 bridgehead atoms. The van der Waals surface area contributed by atoms with Gasteiger partial charge in [-0.25, -0.2) is 4.79 Å². The highest BCUT2D eigenvalue weighted by atomic mass is 16.5. The quantitative estimate of drug-likeness (QED) is 0.801. The molecule has 1 aromatic carbocycles. The molecule has 1 aromatic heterocycles. The van der Waals surface area contributed by atoms with Crippen LogP contribution >= 0.6 is 0 Å². The van der Waals surface area contributed by atoms with E-state index < -0.39 is 5.97 Å². The number of anilines is 2. The van der Waals surface area contributed by atoms with E-state index in [4.69, 9.17) is 9.47 Å². The molecule has 8 nitrogen and oxygen atoms in total. The Morgan fingerprint density at radius 2 is 1.68 bits per heavy atom. The molecule has 2 N–H and O–H groups in total. The first-order chi connectivity index (χ1) is 10.6. The lowest BCUT2D eigenvalue weighted by molar-refractivity contribution is 0.0698. The molecule has 0 spiro atoms. The van der Waals surface area contributed by atoms with E-state index in [1.807, 2.05) is 0 Å². The zero-order chi connectivity index (χ0) is 15.9. The standard InChI is InChI=1S/C14H16N4O4/c1-3-21-13-16-12(17-14(18-13)22-4-2)15-10-8-6-5-7-9(10)11(19)20/h5-8H,3-4H2,1-2H3,(H,19,20)(H,15,16,17,18). The monoisotopic (exact) mass is 304 g/mol. The molecule has 2 rings (SSSR count). The number of aromatic nitrogens is 3. The van der Waals surface area contributed by atoms with Gasteiger partial charge in [-0.3, -0.25) is 0 Å². The smallest absolute Gasteiger partial charge is 0.337 e. The normalized spacial score (nSPS) is 10.1. The molecule has 1 heterocycles. The molecule has 2 aromatic rings. The van der Waals surface area contributed by atoms with Crippen LogP contribution < -0.4 is 14.8 Å². The summed E-state index contributed by atoms with van der Waals surface area (Å²) in [7, 11) is 0. The van der Waals surface area contributed by atoms with Gasteiger partial charge in [-0.1, -0.05) is 12.1 Å². The van der Waals surface area contributed by atoms with Crippen molar-refractivity contribution in [2.45, 2.75) is 13.8 Å². The van der Waals surface area contributed by atoms with Crippen molar-refractivity contribution in [1.29, 1.82) is 0 Å². The van der Waals surface area contributed by atoms with E-state index in [0.717, 1.165) is 0 Å². The first-order valence-electron chi connectivity index (χ1n) is 6.75. The largest absolute Gasteiger partial charge is 0.478 e. The molecule has 0 aliphatic rings. The van der Waals surface area contributed by atoms with Crippen molar-refractivity contribution in [2.75, 3.05) is 18.5 Å². The average Bonchev–Trinajstić information content (AvgIpc) is 2.48. The van der Waals surface area contributed by atoms with Crippen molar-refractivity contribution in [2.24, 2.45) is 0 Å². The van der Waals surface area contributed by atoms with Gasteiger partial charge in [-0.05, 0) is 26.0 Å². The summed E-state index contributed by atoms with van der Waals surface area (Å²) >= 11 is 0. The zero-order valence-corrected chi connectivity index (χ0v) is 12.2. The van der Waals surface area contributed by atoms with Gasteiger partial charge >= 0.3 is 18.0 Å². The highest BCUT2D eigenvalue weighted by Gasteiger charge is 2.13. The second-order valence-corrected chi connectivity index (χ2v) is 4.07. The predicted octanol–water partition coefficient (Wildman–Crippen LogP) is 2.11. The van der Waals surface area contributed by atoms with E-state index in [1.54, 1.807) is 32.0 Å². The summed E-state index contributed by atoms with van der Waals surface area (Å²) in [5.41, 5.74) is 0.477. The maximum atomic E-state index is 11.2. The van der Waals surface area contributed by atoms with Crippen LogP contribution in [0.3, 0.4) is 0 Å². The Balaban J connectivity index is 2.34. The van der Waals surface area contributed by atoms with Crippen LogP contribution in [0.1, 0.15) is 24.2 Å². The minimum atomic E-state index is -1.05. The molecule has 22 heavy (non-hydrogen) atoms. The molecule has 0 unspecified atom stereocenters. The molecule has 0 saturated carbocycles. The van der Waals surface area contributed by atoms with Gasteiger partial charge in [-0.15, -0.1) is 4.98 Å². The van der Waals surface area contributed by atoms with E-state index in [1.165, 1.54) is 6.07 Å². The summed E-state index contributed by atoms with van der Waals surface area (Å²) in [6.45, 7) is 4.38. The lowest BCUT2D eigenvalue weighted by Crippen LogP contribution is -2.08. The molecular formula is C14H16N4O4. The van der Waals surface area contributed by atoms with Crippen molar-refractivity contribution in [3.05, 3.63) is 29.8 Å². The number of rotatable bonds is 7. The fraction of sp³-hybridized carbons (Fsp3) is 0.286. The molecule has 0 fully saturated rings. The third-order valence-electron chi connectivity index (χ3n) is 2.55. The Kier molecular flexibility index (Phi) is 5.07.